The van der Waals surface area contributed by atoms with Gasteiger partial charge in [0.1, 0.15) is 5.82 Å². The van der Waals surface area contributed by atoms with Gasteiger partial charge in [-0.25, -0.2) is 15.0 Å². The van der Waals surface area contributed by atoms with Crippen LogP contribution in [0.3, 0.4) is 0 Å². The van der Waals surface area contributed by atoms with Crippen LogP contribution in [0.15, 0.2) is 24.5 Å². The van der Waals surface area contributed by atoms with Gasteiger partial charge >= 0.3 is 6.01 Å². The first-order chi connectivity index (χ1) is 11.7. The highest BCUT2D eigenvalue weighted by Gasteiger charge is 2.04. The third kappa shape index (κ3) is 6.03. The Balaban J connectivity index is 1.68. The number of amides is 1. The topological polar surface area (TPSA) is 114 Å². The minimum absolute atomic E-state index is 0.124. The van der Waals surface area contributed by atoms with Crippen LogP contribution in [0.1, 0.15) is 12.6 Å². The second-order valence-electron chi connectivity index (χ2n) is 4.85. The van der Waals surface area contributed by atoms with Gasteiger partial charge in [-0.2, -0.15) is 4.98 Å². The summed E-state index contributed by atoms with van der Waals surface area (Å²) in [5.74, 6) is 1.05. The van der Waals surface area contributed by atoms with Gasteiger partial charge in [-0.1, -0.05) is 0 Å². The van der Waals surface area contributed by atoms with Crippen LogP contribution in [0.5, 0.6) is 6.01 Å². The Morgan fingerprint density at radius 1 is 1.17 bits per heavy atom. The zero-order valence-corrected chi connectivity index (χ0v) is 13.7. The van der Waals surface area contributed by atoms with E-state index in [0.717, 1.165) is 12.2 Å². The number of nitrogens with one attached hydrogen (secondary N) is 3. The van der Waals surface area contributed by atoms with Crippen molar-refractivity contribution in [2.24, 2.45) is 0 Å². The van der Waals surface area contributed by atoms with Gasteiger partial charge in [0, 0.05) is 43.8 Å². The predicted octanol–water partition coefficient (Wildman–Crippen LogP) is 0.614. The number of aryl methyl sites for hydroxylation is 1. The Kier molecular flexibility index (Phi) is 6.69. The first-order valence-electron chi connectivity index (χ1n) is 7.67. The Labute approximate surface area is 140 Å². The molecular weight excluding hydrogens is 310 g/mol. The number of aromatic nitrogens is 4. The van der Waals surface area contributed by atoms with Gasteiger partial charge in [-0.05, 0) is 19.9 Å². The van der Waals surface area contributed by atoms with Gasteiger partial charge in [0.15, 0.2) is 6.61 Å². The number of rotatable bonds is 9. The van der Waals surface area contributed by atoms with E-state index in [2.05, 4.69) is 35.9 Å². The molecule has 0 aliphatic carbocycles. The van der Waals surface area contributed by atoms with Crippen LogP contribution < -0.4 is 20.7 Å². The summed E-state index contributed by atoms with van der Waals surface area (Å²) in [6.07, 6.45) is 3.10. The molecule has 0 spiro atoms. The van der Waals surface area contributed by atoms with Crippen LogP contribution in [0, 0.1) is 6.92 Å². The molecule has 0 radical (unpaired) electrons. The molecule has 0 unspecified atom stereocenters. The first-order valence-corrected chi connectivity index (χ1v) is 7.67. The third-order valence-electron chi connectivity index (χ3n) is 2.82. The highest BCUT2D eigenvalue weighted by Crippen LogP contribution is 2.08. The number of nitrogens with zero attached hydrogens (tertiary/aromatic N) is 4. The fourth-order valence-electron chi connectivity index (χ4n) is 1.83. The maximum Gasteiger partial charge on any atom is 0.316 e. The van der Waals surface area contributed by atoms with Crippen molar-refractivity contribution in [1.29, 1.82) is 0 Å². The van der Waals surface area contributed by atoms with Crippen molar-refractivity contribution < 1.29 is 9.53 Å². The quantitative estimate of drug-likeness (QED) is 0.573. The molecule has 1 amide bonds. The van der Waals surface area contributed by atoms with E-state index in [-0.39, 0.29) is 18.5 Å². The maximum atomic E-state index is 11.7. The minimum Gasteiger partial charge on any atom is -0.453 e. The van der Waals surface area contributed by atoms with Gasteiger partial charge in [0.05, 0.1) is 0 Å². The zero-order valence-electron chi connectivity index (χ0n) is 13.7. The summed E-state index contributed by atoms with van der Waals surface area (Å²) in [5, 5.41) is 8.95. The summed E-state index contributed by atoms with van der Waals surface area (Å²) in [4.78, 5) is 28.0. The fourth-order valence-corrected chi connectivity index (χ4v) is 1.83. The summed E-state index contributed by atoms with van der Waals surface area (Å²) in [6, 6.07) is 3.70. The van der Waals surface area contributed by atoms with Crippen molar-refractivity contribution in [3.05, 3.63) is 30.2 Å². The second-order valence-corrected chi connectivity index (χ2v) is 4.85. The molecule has 0 saturated carbocycles. The molecule has 0 bridgehead atoms. The molecule has 2 aromatic rings. The zero-order chi connectivity index (χ0) is 17.2. The van der Waals surface area contributed by atoms with Crippen LogP contribution in [0.25, 0.3) is 0 Å². The third-order valence-corrected chi connectivity index (χ3v) is 2.82. The van der Waals surface area contributed by atoms with Gasteiger partial charge in [-0.15, -0.1) is 0 Å². The van der Waals surface area contributed by atoms with Crippen molar-refractivity contribution in [1.82, 2.24) is 25.3 Å². The molecule has 24 heavy (non-hydrogen) atoms. The van der Waals surface area contributed by atoms with Gasteiger partial charge in [0.25, 0.3) is 5.91 Å². The number of hydrogen-bond donors (Lipinski definition) is 3. The Hall–Kier alpha value is -2.97. The summed E-state index contributed by atoms with van der Waals surface area (Å²) < 4.78 is 5.16. The van der Waals surface area contributed by atoms with Crippen molar-refractivity contribution in [2.45, 2.75) is 13.8 Å². The van der Waals surface area contributed by atoms with E-state index in [9.17, 15) is 4.79 Å². The molecule has 128 valence electrons. The second kappa shape index (κ2) is 9.23. The summed E-state index contributed by atoms with van der Waals surface area (Å²) >= 11 is 0. The summed E-state index contributed by atoms with van der Waals surface area (Å²) in [7, 11) is 0. The van der Waals surface area contributed by atoms with E-state index in [1.807, 2.05) is 19.9 Å². The number of ether oxygens (including phenoxy) is 1. The summed E-state index contributed by atoms with van der Waals surface area (Å²) in [5.41, 5.74) is 0.865. The minimum atomic E-state index is -0.239. The fraction of sp³-hybridized carbons (Fsp3) is 0.400. The lowest BCUT2D eigenvalue weighted by Crippen LogP contribution is -2.33. The molecule has 0 aliphatic rings. The molecule has 0 atom stereocenters. The molecule has 0 aliphatic heterocycles. The average molecular weight is 331 g/mol. The molecule has 2 rings (SSSR count). The van der Waals surface area contributed by atoms with Crippen molar-refractivity contribution in [3.63, 3.8) is 0 Å². The standard InChI is InChI=1S/C15H21N7O2/c1-3-16-14-21-11(2)9-12(22-14)17-7-8-18-13(23)10-24-15-19-5-4-6-20-15/h4-6,9H,3,7-8,10H2,1-2H3,(H,18,23)(H2,16,17,21,22). The Bertz CT molecular complexity index is 652. The number of hydrogen-bond acceptors (Lipinski definition) is 8. The lowest BCUT2D eigenvalue weighted by Gasteiger charge is -2.10. The van der Waals surface area contributed by atoms with Crippen molar-refractivity contribution in [3.8, 4) is 6.01 Å². The average Bonchev–Trinajstić information content (AvgIpc) is 2.58. The van der Waals surface area contributed by atoms with Crippen LogP contribution in [0.4, 0.5) is 11.8 Å². The molecule has 0 fully saturated rings. The highest BCUT2D eigenvalue weighted by atomic mass is 16.5. The largest absolute Gasteiger partial charge is 0.453 e. The molecule has 2 aromatic heterocycles. The van der Waals surface area contributed by atoms with Crippen molar-refractivity contribution >= 4 is 17.7 Å². The monoisotopic (exact) mass is 331 g/mol. The van der Waals surface area contributed by atoms with E-state index in [1.54, 1.807) is 18.5 Å². The van der Waals surface area contributed by atoms with Crippen molar-refractivity contribution in [2.75, 3.05) is 36.9 Å². The Morgan fingerprint density at radius 3 is 2.71 bits per heavy atom. The molecular formula is C15H21N7O2. The number of anilines is 2. The lowest BCUT2D eigenvalue weighted by molar-refractivity contribution is -0.123. The number of carbonyl (C=O) groups excluding carboxylic acids is 1. The normalized spacial score (nSPS) is 10.1. The van der Waals surface area contributed by atoms with E-state index in [4.69, 9.17) is 4.74 Å². The van der Waals surface area contributed by atoms with E-state index >= 15 is 0 Å². The van der Waals surface area contributed by atoms with Crippen LogP contribution in [-0.4, -0.2) is 52.1 Å². The highest BCUT2D eigenvalue weighted by molar-refractivity contribution is 5.77. The molecule has 2 heterocycles. The van der Waals surface area contributed by atoms with Crippen LogP contribution in [-0.2, 0) is 4.79 Å². The molecule has 3 N–H and O–H groups in total. The lowest BCUT2D eigenvalue weighted by atomic mass is 10.4. The van der Waals surface area contributed by atoms with E-state index in [0.29, 0.717) is 24.9 Å². The van der Waals surface area contributed by atoms with Crippen LogP contribution >= 0.6 is 0 Å². The van der Waals surface area contributed by atoms with Gasteiger partial charge in [-0.3, -0.25) is 4.79 Å². The Morgan fingerprint density at radius 2 is 1.96 bits per heavy atom. The predicted molar refractivity (Wildman–Crippen MR) is 90.0 cm³/mol. The molecule has 9 heteroatoms. The van der Waals surface area contributed by atoms with Gasteiger partial charge < -0.3 is 20.7 Å². The molecule has 9 nitrogen and oxygen atoms in total. The molecule has 0 aromatic carbocycles. The summed E-state index contributed by atoms with van der Waals surface area (Å²) in [6.45, 7) is 5.49. The smallest absolute Gasteiger partial charge is 0.316 e. The maximum absolute atomic E-state index is 11.7. The van der Waals surface area contributed by atoms with Gasteiger partial charge in [0.2, 0.25) is 5.95 Å². The SMILES string of the molecule is CCNc1nc(C)cc(NCCNC(=O)COc2ncccn2)n1. The van der Waals surface area contributed by atoms with Crippen LogP contribution in [0.2, 0.25) is 0 Å². The van der Waals surface area contributed by atoms with E-state index in [1.165, 1.54) is 0 Å². The van der Waals surface area contributed by atoms with E-state index < -0.39 is 0 Å². The number of carbonyl (C=O) groups is 1. The molecule has 0 saturated heterocycles. The first kappa shape index (κ1) is 17.4.